The summed E-state index contributed by atoms with van der Waals surface area (Å²) in [6.45, 7) is 8.50. The van der Waals surface area contributed by atoms with Gasteiger partial charge in [0.2, 0.25) is 0 Å². The first-order valence-electron chi connectivity index (χ1n) is 11.8. The number of hydrogen-bond donors (Lipinski definition) is 0. The molecular weight excluding hydrogens is 522 g/mol. The van der Waals surface area contributed by atoms with E-state index in [1.165, 1.54) is 4.68 Å². The summed E-state index contributed by atoms with van der Waals surface area (Å²) in [7, 11) is -1.20. The number of rotatable bonds is 11. The molecule has 35 heavy (non-hydrogen) atoms. The highest BCUT2D eigenvalue weighted by Crippen LogP contribution is 2.30. The molecule has 0 radical (unpaired) electrons. The van der Waals surface area contributed by atoms with E-state index in [-0.39, 0.29) is 12.3 Å². The summed E-state index contributed by atoms with van der Waals surface area (Å²) >= 11 is 3.76. The zero-order valence-corrected chi connectivity index (χ0v) is 23.1. The van der Waals surface area contributed by atoms with E-state index in [1.54, 1.807) is 6.20 Å². The molecule has 6 nitrogen and oxygen atoms in total. The Kier molecular flexibility index (Phi) is 8.38. The van der Waals surface area contributed by atoms with Crippen molar-refractivity contribution in [2.75, 3.05) is 6.61 Å². The van der Waals surface area contributed by atoms with Gasteiger partial charge in [-0.2, -0.15) is 5.10 Å². The number of benzene rings is 2. The van der Waals surface area contributed by atoms with Gasteiger partial charge in [0.15, 0.2) is 0 Å². The van der Waals surface area contributed by atoms with Crippen LogP contribution in [0.1, 0.15) is 16.7 Å². The SMILES string of the molecule is C[Si](C)(C)CCOCn1ncc2c(c(Cc3ccccc3)c(Br)n2COCc2ccccc2)c1=O. The van der Waals surface area contributed by atoms with Crippen LogP contribution in [0, 0.1) is 0 Å². The number of halogens is 1. The number of nitrogens with zero attached hydrogens (tertiary/aromatic N) is 3. The lowest BCUT2D eigenvalue weighted by atomic mass is 10.1. The van der Waals surface area contributed by atoms with Gasteiger partial charge in [-0.25, -0.2) is 4.68 Å². The lowest BCUT2D eigenvalue weighted by Crippen LogP contribution is -2.26. The number of hydrogen-bond acceptors (Lipinski definition) is 4. The Balaban J connectivity index is 1.63. The maximum Gasteiger partial charge on any atom is 0.278 e. The summed E-state index contributed by atoms with van der Waals surface area (Å²) in [5, 5.41) is 5.07. The van der Waals surface area contributed by atoms with E-state index in [1.807, 2.05) is 53.1 Å². The molecule has 0 unspecified atom stereocenters. The van der Waals surface area contributed by atoms with Crippen molar-refractivity contribution in [1.29, 1.82) is 0 Å². The number of ether oxygens (including phenoxy) is 2. The van der Waals surface area contributed by atoms with Crippen molar-refractivity contribution in [3.8, 4) is 0 Å². The van der Waals surface area contributed by atoms with Gasteiger partial charge in [-0.3, -0.25) is 4.79 Å². The average Bonchev–Trinajstić information content (AvgIpc) is 3.10. The molecule has 4 rings (SSSR count). The van der Waals surface area contributed by atoms with Gasteiger partial charge in [-0.15, -0.1) is 0 Å². The van der Waals surface area contributed by atoms with Crippen molar-refractivity contribution in [2.45, 2.75) is 52.2 Å². The highest BCUT2D eigenvalue weighted by molar-refractivity contribution is 9.10. The first-order valence-corrected chi connectivity index (χ1v) is 16.3. The quantitative estimate of drug-likeness (QED) is 0.168. The minimum absolute atomic E-state index is 0.149. The third kappa shape index (κ3) is 6.58. The van der Waals surface area contributed by atoms with E-state index in [9.17, 15) is 4.79 Å². The first kappa shape index (κ1) is 25.6. The van der Waals surface area contributed by atoms with Crippen LogP contribution in [-0.2, 0) is 36.0 Å². The fourth-order valence-electron chi connectivity index (χ4n) is 3.88. The van der Waals surface area contributed by atoms with Crippen LogP contribution in [0.4, 0.5) is 0 Å². The number of aromatic nitrogens is 3. The molecule has 0 N–H and O–H groups in total. The summed E-state index contributed by atoms with van der Waals surface area (Å²) in [5.74, 6) is 0. The van der Waals surface area contributed by atoms with Crippen molar-refractivity contribution in [1.82, 2.24) is 14.3 Å². The third-order valence-corrected chi connectivity index (χ3v) is 8.48. The fourth-order valence-corrected chi connectivity index (χ4v) is 5.27. The van der Waals surface area contributed by atoms with Crippen LogP contribution in [-0.4, -0.2) is 29.0 Å². The van der Waals surface area contributed by atoms with Crippen LogP contribution in [0.5, 0.6) is 0 Å². The Morgan fingerprint density at radius 1 is 0.914 bits per heavy atom. The molecule has 0 saturated heterocycles. The Morgan fingerprint density at radius 2 is 1.57 bits per heavy atom. The largest absolute Gasteiger partial charge is 0.359 e. The van der Waals surface area contributed by atoms with Gasteiger partial charge < -0.3 is 14.0 Å². The van der Waals surface area contributed by atoms with E-state index in [4.69, 9.17) is 9.47 Å². The van der Waals surface area contributed by atoms with Crippen molar-refractivity contribution in [2.24, 2.45) is 0 Å². The average molecular weight is 555 g/mol. The van der Waals surface area contributed by atoms with E-state index < -0.39 is 8.07 Å². The summed E-state index contributed by atoms with van der Waals surface area (Å²) in [4.78, 5) is 13.5. The summed E-state index contributed by atoms with van der Waals surface area (Å²) < 4.78 is 16.1. The molecule has 2 heterocycles. The molecule has 0 spiro atoms. The minimum Gasteiger partial charge on any atom is -0.359 e. The van der Waals surface area contributed by atoms with E-state index in [2.05, 4.69) is 52.8 Å². The van der Waals surface area contributed by atoms with E-state index >= 15 is 0 Å². The highest BCUT2D eigenvalue weighted by atomic mass is 79.9. The molecule has 2 aromatic carbocycles. The first-order chi connectivity index (χ1) is 16.8. The topological polar surface area (TPSA) is 58.3 Å². The van der Waals surface area contributed by atoms with Gasteiger partial charge in [0.25, 0.3) is 5.56 Å². The normalized spacial score (nSPS) is 11.9. The van der Waals surface area contributed by atoms with Gasteiger partial charge in [0.05, 0.1) is 28.3 Å². The molecular formula is C27H32BrN3O3Si. The molecule has 0 amide bonds. The van der Waals surface area contributed by atoms with Crippen LogP contribution < -0.4 is 5.56 Å². The Labute approximate surface area is 215 Å². The second-order valence-corrected chi connectivity index (χ2v) is 16.3. The van der Waals surface area contributed by atoms with Crippen molar-refractivity contribution < 1.29 is 9.47 Å². The number of fused-ring (bicyclic) bond motifs is 1. The van der Waals surface area contributed by atoms with E-state index in [0.29, 0.717) is 31.8 Å². The van der Waals surface area contributed by atoms with Gasteiger partial charge in [-0.1, -0.05) is 80.3 Å². The molecule has 0 aliphatic heterocycles. The second kappa shape index (κ2) is 11.5. The zero-order valence-electron chi connectivity index (χ0n) is 20.5. The minimum atomic E-state index is -1.20. The van der Waals surface area contributed by atoms with Crippen LogP contribution in [0.3, 0.4) is 0 Å². The van der Waals surface area contributed by atoms with Crippen molar-refractivity contribution in [3.05, 3.63) is 98.5 Å². The summed E-state index contributed by atoms with van der Waals surface area (Å²) in [6, 6.07) is 21.2. The van der Waals surface area contributed by atoms with Crippen molar-refractivity contribution in [3.63, 3.8) is 0 Å². The highest BCUT2D eigenvalue weighted by Gasteiger charge is 2.21. The predicted molar refractivity (Wildman–Crippen MR) is 146 cm³/mol. The molecule has 8 heteroatoms. The molecule has 4 aromatic rings. The molecule has 184 valence electrons. The Hall–Kier alpha value is -2.52. The maximum atomic E-state index is 13.5. The fraction of sp³-hybridized carbons (Fsp3) is 0.333. The second-order valence-electron chi connectivity index (χ2n) is 9.88. The molecule has 0 aliphatic carbocycles. The summed E-state index contributed by atoms with van der Waals surface area (Å²) in [5.41, 5.74) is 3.76. The smallest absolute Gasteiger partial charge is 0.278 e. The maximum absolute atomic E-state index is 13.5. The van der Waals surface area contributed by atoms with Crippen LogP contribution in [0.15, 0.2) is 76.3 Å². The third-order valence-electron chi connectivity index (χ3n) is 5.87. The zero-order chi connectivity index (χ0) is 24.8. The molecule has 0 saturated carbocycles. The van der Waals surface area contributed by atoms with Crippen LogP contribution >= 0.6 is 15.9 Å². The molecule has 2 aromatic heterocycles. The van der Waals surface area contributed by atoms with Crippen LogP contribution in [0.2, 0.25) is 25.7 Å². The van der Waals surface area contributed by atoms with Crippen molar-refractivity contribution >= 4 is 34.9 Å². The van der Waals surface area contributed by atoms with Crippen LogP contribution in [0.25, 0.3) is 10.9 Å². The Bertz CT molecular complexity index is 1320. The monoisotopic (exact) mass is 553 g/mol. The molecule has 0 aliphatic rings. The summed E-state index contributed by atoms with van der Waals surface area (Å²) in [6.07, 6.45) is 2.36. The standard InChI is InChI=1S/C27H32BrN3O3Si/c1-35(2,3)15-14-33-20-31-27(32)25-23(16-21-10-6-4-7-11-21)26(28)30(24(25)17-29-31)19-34-18-22-12-8-5-9-13-22/h4-13,17H,14-16,18-20H2,1-3H3. The van der Waals surface area contributed by atoms with Gasteiger partial charge >= 0.3 is 0 Å². The van der Waals surface area contributed by atoms with E-state index in [0.717, 1.165) is 32.9 Å². The van der Waals surface area contributed by atoms with Gasteiger partial charge in [0.1, 0.15) is 13.5 Å². The molecule has 0 bridgehead atoms. The lowest BCUT2D eigenvalue weighted by molar-refractivity contribution is 0.0652. The predicted octanol–water partition coefficient (Wildman–Crippen LogP) is 6.04. The van der Waals surface area contributed by atoms with Gasteiger partial charge in [0, 0.05) is 26.7 Å². The van der Waals surface area contributed by atoms with Gasteiger partial charge in [-0.05, 0) is 33.1 Å². The molecule has 0 fully saturated rings. The lowest BCUT2D eigenvalue weighted by Gasteiger charge is -2.15. The Morgan fingerprint density at radius 3 is 2.23 bits per heavy atom. The molecule has 0 atom stereocenters.